The van der Waals surface area contributed by atoms with Crippen LogP contribution >= 0.6 is 11.3 Å². The fourth-order valence-electron chi connectivity index (χ4n) is 6.96. The molecule has 0 saturated carbocycles. The van der Waals surface area contributed by atoms with Crippen LogP contribution < -0.4 is 26.6 Å². The Balaban J connectivity index is 1.73. The van der Waals surface area contributed by atoms with Crippen molar-refractivity contribution in [3.05, 3.63) is 52.5 Å². The number of amides is 5. The fraction of sp³-hybridized carbons (Fsp3) is 0.600. The van der Waals surface area contributed by atoms with Crippen molar-refractivity contribution in [1.29, 1.82) is 0 Å². The summed E-state index contributed by atoms with van der Waals surface area (Å²) in [6.45, 7) is 16.6. The van der Waals surface area contributed by atoms with Crippen molar-refractivity contribution < 1.29 is 33.5 Å². The third kappa shape index (κ3) is 10.9. The molecule has 1 saturated heterocycles. The van der Waals surface area contributed by atoms with Gasteiger partial charge in [0.25, 0.3) is 0 Å². The Morgan fingerprint density at radius 1 is 0.982 bits per heavy atom. The molecule has 2 aliphatic heterocycles. The molecule has 5 N–H and O–H groups in total. The lowest BCUT2D eigenvalue weighted by atomic mass is 9.82. The summed E-state index contributed by atoms with van der Waals surface area (Å²) in [6, 6.07) is 3.83. The normalized spacial score (nSPS) is 23.1. The van der Waals surface area contributed by atoms with Crippen LogP contribution in [0.4, 0.5) is 0 Å². The minimum absolute atomic E-state index is 0.115. The highest BCUT2D eigenvalue weighted by atomic mass is 32.1. The number of methoxy groups -OCH3 is 1. The molecule has 16 heteroatoms. The summed E-state index contributed by atoms with van der Waals surface area (Å²) in [5, 5.41) is 17.3. The fourth-order valence-corrected chi connectivity index (χ4v) is 7.65. The molecule has 8 atom stereocenters. The second kappa shape index (κ2) is 18.4. The van der Waals surface area contributed by atoms with E-state index in [-0.39, 0.29) is 30.6 Å². The van der Waals surface area contributed by atoms with Gasteiger partial charge in [-0.05, 0) is 35.7 Å². The first kappa shape index (κ1) is 43.9. The van der Waals surface area contributed by atoms with Crippen molar-refractivity contribution >= 4 is 52.7 Å². The number of ether oxygens (including phenoxy) is 1. The van der Waals surface area contributed by atoms with Gasteiger partial charge >= 0.3 is 5.97 Å². The maximum Gasteiger partial charge on any atom is 0.308 e. The molecule has 306 valence electrons. The number of aromatic nitrogens is 1. The van der Waals surface area contributed by atoms with Crippen LogP contribution in [0.25, 0.3) is 0 Å². The van der Waals surface area contributed by atoms with Gasteiger partial charge in [-0.1, -0.05) is 85.7 Å². The molecule has 0 aliphatic carbocycles. The first-order valence-corrected chi connectivity index (χ1v) is 19.9. The van der Waals surface area contributed by atoms with Crippen molar-refractivity contribution in [3.8, 4) is 0 Å². The van der Waals surface area contributed by atoms with Gasteiger partial charge in [-0.15, -0.1) is 11.3 Å². The highest BCUT2D eigenvalue weighted by Gasteiger charge is 2.43. The molecule has 0 radical (unpaired) electrons. The summed E-state index contributed by atoms with van der Waals surface area (Å²) in [6.07, 6.45) is 2.04. The molecule has 1 fully saturated rings. The Bertz CT molecular complexity index is 1760. The van der Waals surface area contributed by atoms with Gasteiger partial charge in [0.05, 0.1) is 25.6 Å². The van der Waals surface area contributed by atoms with E-state index in [1.165, 1.54) is 23.3 Å². The molecule has 5 amide bonds. The SMILES string of the molecule is COC(=O)C[C@@H](NC(=O)[C@@H](NC(=O)[C@@H](NC1=NCC(=O)N2CC[C@@H](C)[C@H]2C(=O)N[C@@H](C)C(=O)N[C@H]1C(C)(C)C)C(C)(C)C)[C@@H](C)c1ccccc1)c1nccs1. The van der Waals surface area contributed by atoms with E-state index in [0.717, 1.165) is 5.56 Å². The van der Waals surface area contributed by atoms with E-state index < -0.39 is 82.6 Å². The van der Waals surface area contributed by atoms with Crippen molar-refractivity contribution in [2.45, 2.75) is 117 Å². The van der Waals surface area contributed by atoms with Crippen LogP contribution in [0, 0.1) is 16.7 Å². The maximum atomic E-state index is 14.7. The summed E-state index contributed by atoms with van der Waals surface area (Å²) in [5.41, 5.74) is -0.689. The second-order valence-electron chi connectivity index (χ2n) is 16.9. The zero-order valence-corrected chi connectivity index (χ0v) is 34.9. The van der Waals surface area contributed by atoms with E-state index >= 15 is 0 Å². The standard InChI is InChI=1S/C40H58N8O7S/c1-22-16-18-48-27(49)21-42-33(31(39(4,5)6)47-34(51)24(3)43-36(53)30(22)48)46-32(40(7,8)9)37(54)45-29(23(2)25-14-12-11-13-15-25)35(52)44-26(20-28(50)55-10)38-41-17-19-56-38/h11-15,17,19,22-24,26,29-32H,16,18,20-21H2,1-10H3,(H,42,46)(H,43,53)(H,44,52)(H,45,54)(H,47,51)/t22-,23+,24+,26-,29+,30+,31-,32-/m1/s1. The van der Waals surface area contributed by atoms with Gasteiger partial charge < -0.3 is 36.2 Å². The largest absolute Gasteiger partial charge is 0.469 e. The zero-order chi connectivity index (χ0) is 41.5. The zero-order valence-electron chi connectivity index (χ0n) is 34.1. The molecule has 56 heavy (non-hydrogen) atoms. The molecule has 1 aromatic heterocycles. The summed E-state index contributed by atoms with van der Waals surface area (Å²) in [7, 11) is 1.27. The smallest absolute Gasteiger partial charge is 0.308 e. The van der Waals surface area contributed by atoms with Gasteiger partial charge in [0.1, 0.15) is 41.6 Å². The summed E-state index contributed by atoms with van der Waals surface area (Å²) >= 11 is 1.28. The average molecular weight is 795 g/mol. The number of amidine groups is 1. The quantitative estimate of drug-likeness (QED) is 0.225. The Morgan fingerprint density at radius 2 is 1.66 bits per heavy atom. The topological polar surface area (TPSA) is 200 Å². The van der Waals surface area contributed by atoms with Gasteiger partial charge in [0.2, 0.25) is 29.5 Å². The van der Waals surface area contributed by atoms with Gasteiger partial charge in [-0.2, -0.15) is 0 Å². The molecule has 0 spiro atoms. The summed E-state index contributed by atoms with van der Waals surface area (Å²) in [5.74, 6) is -3.25. The van der Waals surface area contributed by atoms with Crippen LogP contribution in [-0.2, 0) is 33.5 Å². The number of hydrogen-bond acceptors (Lipinski definition) is 11. The number of esters is 1. The van der Waals surface area contributed by atoms with Gasteiger partial charge in [0, 0.05) is 24.0 Å². The van der Waals surface area contributed by atoms with E-state index in [1.807, 2.05) is 85.7 Å². The second-order valence-corrected chi connectivity index (χ2v) is 17.8. The Labute approximate surface area is 333 Å². The first-order chi connectivity index (χ1) is 26.2. The lowest BCUT2D eigenvalue weighted by Crippen LogP contribution is -2.64. The van der Waals surface area contributed by atoms with E-state index in [4.69, 9.17) is 9.73 Å². The van der Waals surface area contributed by atoms with Crippen LogP contribution in [-0.4, -0.2) is 102 Å². The molecule has 3 heterocycles. The molecule has 0 unspecified atom stereocenters. The number of benzene rings is 1. The van der Waals surface area contributed by atoms with Crippen LogP contribution in [0.2, 0.25) is 0 Å². The summed E-state index contributed by atoms with van der Waals surface area (Å²) < 4.78 is 4.90. The minimum atomic E-state index is -1.12. The van der Waals surface area contributed by atoms with Crippen molar-refractivity contribution in [2.24, 2.45) is 21.7 Å². The van der Waals surface area contributed by atoms with Crippen LogP contribution in [0.1, 0.15) is 97.7 Å². The molecule has 2 aromatic rings. The number of rotatable bonds is 10. The Kier molecular flexibility index (Phi) is 14.4. The number of fused-ring (bicyclic) bond motifs is 1. The van der Waals surface area contributed by atoms with E-state index in [9.17, 15) is 28.8 Å². The number of hydrogen-bond donors (Lipinski definition) is 5. The monoisotopic (exact) mass is 794 g/mol. The first-order valence-electron chi connectivity index (χ1n) is 19.1. The van der Waals surface area contributed by atoms with Crippen LogP contribution in [0.15, 0.2) is 46.9 Å². The lowest BCUT2D eigenvalue weighted by molar-refractivity contribution is -0.141. The van der Waals surface area contributed by atoms with Crippen molar-refractivity contribution in [1.82, 2.24) is 36.5 Å². The van der Waals surface area contributed by atoms with E-state index in [0.29, 0.717) is 18.0 Å². The number of carbonyl (C=O) groups is 6. The number of thiazole rings is 1. The van der Waals surface area contributed by atoms with Crippen LogP contribution in [0.3, 0.4) is 0 Å². The average Bonchev–Trinajstić information content (AvgIpc) is 3.81. The maximum absolute atomic E-state index is 14.7. The third-order valence-corrected chi connectivity index (χ3v) is 11.2. The number of aliphatic imine (C=N–C) groups is 1. The van der Waals surface area contributed by atoms with Gasteiger partial charge in [-0.3, -0.25) is 33.8 Å². The van der Waals surface area contributed by atoms with Crippen molar-refractivity contribution in [3.63, 3.8) is 0 Å². The molecule has 15 nitrogen and oxygen atoms in total. The van der Waals surface area contributed by atoms with Crippen LogP contribution in [0.5, 0.6) is 0 Å². The minimum Gasteiger partial charge on any atom is -0.469 e. The predicted molar refractivity (Wildman–Crippen MR) is 213 cm³/mol. The number of nitrogens with one attached hydrogen (secondary N) is 5. The van der Waals surface area contributed by atoms with E-state index in [2.05, 4.69) is 31.6 Å². The Morgan fingerprint density at radius 3 is 2.25 bits per heavy atom. The molecule has 2 aliphatic rings. The number of carbonyl (C=O) groups excluding carboxylic acids is 6. The highest BCUT2D eigenvalue weighted by Crippen LogP contribution is 2.28. The number of nitrogens with zero attached hydrogens (tertiary/aromatic N) is 3. The third-order valence-electron chi connectivity index (χ3n) is 10.3. The predicted octanol–water partition coefficient (Wildman–Crippen LogP) is 2.84. The summed E-state index contributed by atoms with van der Waals surface area (Å²) in [4.78, 5) is 92.7. The molecule has 1 aromatic carbocycles. The molecule has 4 rings (SSSR count). The van der Waals surface area contributed by atoms with E-state index in [1.54, 1.807) is 18.5 Å². The molecule has 0 bridgehead atoms. The highest BCUT2D eigenvalue weighted by molar-refractivity contribution is 7.09. The lowest BCUT2D eigenvalue weighted by Gasteiger charge is -2.39. The van der Waals surface area contributed by atoms with Crippen molar-refractivity contribution in [2.75, 3.05) is 20.2 Å². The molecular weight excluding hydrogens is 737 g/mol. The van der Waals surface area contributed by atoms with Gasteiger partial charge in [-0.25, -0.2) is 4.98 Å². The molecular formula is C40H58N8O7S. The van der Waals surface area contributed by atoms with Gasteiger partial charge in [0.15, 0.2) is 0 Å². The Hall–Kier alpha value is -4.86.